The predicted octanol–water partition coefficient (Wildman–Crippen LogP) is 0.980. The summed E-state index contributed by atoms with van der Waals surface area (Å²) < 4.78 is 27.7. The van der Waals surface area contributed by atoms with E-state index in [4.69, 9.17) is 9.88 Å². The summed E-state index contributed by atoms with van der Waals surface area (Å²) in [7, 11) is -2.29. The fourth-order valence-corrected chi connectivity index (χ4v) is 3.61. The van der Waals surface area contributed by atoms with Gasteiger partial charge < -0.3 is 15.2 Å². The number of nitrogens with two attached hydrogens (primary N) is 1. The highest BCUT2D eigenvalue weighted by molar-refractivity contribution is 7.89. The minimum absolute atomic E-state index is 0.0583. The van der Waals surface area contributed by atoms with Gasteiger partial charge in [-0.25, -0.2) is 18.5 Å². The summed E-state index contributed by atoms with van der Waals surface area (Å²) in [5.74, 6) is 0.206. The molecule has 1 heterocycles. The van der Waals surface area contributed by atoms with E-state index in [9.17, 15) is 18.3 Å². The molecule has 0 aliphatic heterocycles. The van der Waals surface area contributed by atoms with E-state index in [-0.39, 0.29) is 28.9 Å². The molecule has 4 N–H and O–H groups in total. The Labute approximate surface area is 157 Å². The number of carbonyl (C=O) groups is 1. The van der Waals surface area contributed by atoms with E-state index in [0.717, 1.165) is 5.56 Å². The van der Waals surface area contributed by atoms with Crippen LogP contribution in [0.15, 0.2) is 47.5 Å². The van der Waals surface area contributed by atoms with E-state index >= 15 is 0 Å². The molecule has 1 aromatic carbocycles. The van der Waals surface area contributed by atoms with Gasteiger partial charge in [-0.05, 0) is 48.6 Å². The molecule has 3 rings (SSSR count). The van der Waals surface area contributed by atoms with Crippen molar-refractivity contribution in [1.82, 2.24) is 10.3 Å². The summed E-state index contributed by atoms with van der Waals surface area (Å²) in [6, 6.07) is 8.62. The van der Waals surface area contributed by atoms with Gasteiger partial charge in [0.2, 0.25) is 15.9 Å². The Bertz CT molecular complexity index is 907. The van der Waals surface area contributed by atoms with Crippen LogP contribution in [0.4, 0.5) is 0 Å². The maximum absolute atomic E-state index is 12.6. The average Bonchev–Trinajstić information content (AvgIpc) is 2.63. The minimum atomic E-state index is -3.81. The first-order valence-corrected chi connectivity index (χ1v) is 9.94. The van der Waals surface area contributed by atoms with Gasteiger partial charge in [-0.1, -0.05) is 6.07 Å². The van der Waals surface area contributed by atoms with Crippen LogP contribution in [0, 0.1) is 5.92 Å². The van der Waals surface area contributed by atoms with Gasteiger partial charge in [0, 0.05) is 17.8 Å². The van der Waals surface area contributed by atoms with Crippen LogP contribution in [0.2, 0.25) is 0 Å². The van der Waals surface area contributed by atoms with E-state index < -0.39 is 10.0 Å². The smallest absolute Gasteiger partial charge is 0.251 e. The molecule has 1 aliphatic carbocycles. The number of carbonyl (C=O) groups excluding carboxylic acids is 1. The Morgan fingerprint density at radius 1 is 1.26 bits per heavy atom. The fraction of sp³-hybridized carbons (Fsp3) is 0.333. The largest absolute Gasteiger partial charge is 0.481 e. The molecule has 1 fully saturated rings. The Morgan fingerprint density at radius 2 is 1.93 bits per heavy atom. The first-order valence-electron chi connectivity index (χ1n) is 8.39. The topological polar surface area (TPSA) is 132 Å². The van der Waals surface area contributed by atoms with E-state index in [1.807, 2.05) is 6.07 Å². The summed E-state index contributed by atoms with van der Waals surface area (Å²) in [6.07, 6.45) is 2.44. The Balaban J connectivity index is 1.79. The quantitative estimate of drug-likeness (QED) is 0.673. The molecule has 0 unspecified atom stereocenters. The number of hydrogen-bond donors (Lipinski definition) is 3. The van der Waals surface area contributed by atoms with Crippen molar-refractivity contribution in [3.8, 4) is 5.88 Å². The second-order valence-corrected chi connectivity index (χ2v) is 8.10. The molecule has 1 aliphatic rings. The molecule has 1 atom stereocenters. The standard InChI is InChI=1S/C18H21N3O5S/c1-26-16-7-4-12(10-20-16)17(13-8-14(22)9-13)21-18(23)11-2-5-15(6-3-11)27(19,24)25/h2-7,10,13-14,17,22H,8-9H2,1H3,(H,21,23)(H2,19,24,25)/t13?,14?,17-/m1/s1. The number of nitrogens with one attached hydrogen (secondary N) is 1. The van der Waals surface area contributed by atoms with Gasteiger partial charge in [-0.15, -0.1) is 0 Å². The predicted molar refractivity (Wildman–Crippen MR) is 97.5 cm³/mol. The lowest BCUT2D eigenvalue weighted by Crippen LogP contribution is -2.41. The van der Waals surface area contributed by atoms with Gasteiger partial charge >= 0.3 is 0 Å². The average molecular weight is 391 g/mol. The van der Waals surface area contributed by atoms with Crippen molar-refractivity contribution in [2.24, 2.45) is 11.1 Å². The molecule has 1 aromatic heterocycles. The Morgan fingerprint density at radius 3 is 2.41 bits per heavy atom. The minimum Gasteiger partial charge on any atom is -0.481 e. The van der Waals surface area contributed by atoms with Crippen LogP contribution in [0.25, 0.3) is 0 Å². The van der Waals surface area contributed by atoms with Gasteiger partial charge in [0.05, 0.1) is 24.2 Å². The highest BCUT2D eigenvalue weighted by atomic mass is 32.2. The normalized spacial score (nSPS) is 20.4. The number of methoxy groups -OCH3 is 1. The lowest BCUT2D eigenvalue weighted by atomic mass is 9.75. The number of aliphatic hydroxyl groups excluding tert-OH is 1. The van der Waals surface area contributed by atoms with Crippen molar-refractivity contribution in [3.05, 3.63) is 53.7 Å². The number of rotatable bonds is 6. The highest BCUT2D eigenvalue weighted by Crippen LogP contribution is 2.38. The molecular weight excluding hydrogens is 370 g/mol. The zero-order valence-corrected chi connectivity index (χ0v) is 15.5. The first-order chi connectivity index (χ1) is 12.8. The van der Waals surface area contributed by atoms with Crippen LogP contribution in [-0.4, -0.2) is 37.6 Å². The highest BCUT2D eigenvalue weighted by Gasteiger charge is 2.36. The lowest BCUT2D eigenvalue weighted by Gasteiger charge is -2.38. The number of aromatic nitrogens is 1. The molecule has 144 valence electrons. The van der Waals surface area contributed by atoms with Gasteiger partial charge in [-0.3, -0.25) is 4.79 Å². The number of benzene rings is 1. The van der Waals surface area contributed by atoms with Gasteiger partial charge in [0.15, 0.2) is 0 Å². The number of nitrogens with zero attached hydrogens (tertiary/aromatic N) is 1. The number of aliphatic hydroxyl groups is 1. The molecule has 0 bridgehead atoms. The van der Waals surface area contributed by atoms with Crippen LogP contribution in [-0.2, 0) is 10.0 Å². The summed E-state index contributed by atoms with van der Waals surface area (Å²) in [5.41, 5.74) is 1.12. The molecule has 0 spiro atoms. The number of hydrogen-bond acceptors (Lipinski definition) is 6. The number of sulfonamides is 1. The van der Waals surface area contributed by atoms with E-state index in [1.54, 1.807) is 12.3 Å². The molecule has 1 amide bonds. The van der Waals surface area contributed by atoms with Gasteiger partial charge in [0.1, 0.15) is 0 Å². The van der Waals surface area contributed by atoms with Crippen molar-refractivity contribution in [3.63, 3.8) is 0 Å². The van der Waals surface area contributed by atoms with Crippen molar-refractivity contribution in [2.75, 3.05) is 7.11 Å². The summed E-state index contributed by atoms with van der Waals surface area (Å²) in [5, 5.41) is 17.7. The molecule has 0 saturated heterocycles. The second kappa shape index (κ2) is 7.63. The monoisotopic (exact) mass is 391 g/mol. The first kappa shape index (κ1) is 19.3. The maximum atomic E-state index is 12.6. The Hall–Kier alpha value is -2.49. The number of primary sulfonamides is 1. The van der Waals surface area contributed by atoms with Crippen LogP contribution in [0.1, 0.15) is 34.8 Å². The van der Waals surface area contributed by atoms with E-state index in [2.05, 4.69) is 10.3 Å². The fourth-order valence-electron chi connectivity index (χ4n) is 3.09. The Kier molecular flexibility index (Phi) is 5.45. The van der Waals surface area contributed by atoms with E-state index in [1.165, 1.54) is 31.4 Å². The van der Waals surface area contributed by atoms with Crippen molar-refractivity contribution in [1.29, 1.82) is 0 Å². The van der Waals surface area contributed by atoms with Gasteiger partial charge in [0.25, 0.3) is 5.91 Å². The zero-order chi connectivity index (χ0) is 19.6. The lowest BCUT2D eigenvalue weighted by molar-refractivity contribution is 0.0234. The third kappa shape index (κ3) is 4.44. The number of pyridine rings is 1. The molecular formula is C18H21N3O5S. The van der Waals surface area contributed by atoms with Crippen molar-refractivity contribution < 1.29 is 23.1 Å². The third-order valence-electron chi connectivity index (χ3n) is 4.68. The van der Waals surface area contributed by atoms with Crippen LogP contribution in [0.5, 0.6) is 5.88 Å². The molecule has 9 heteroatoms. The molecule has 1 saturated carbocycles. The second-order valence-electron chi connectivity index (χ2n) is 6.54. The molecule has 2 aromatic rings. The molecule has 27 heavy (non-hydrogen) atoms. The number of amides is 1. The van der Waals surface area contributed by atoms with Crippen LogP contribution < -0.4 is 15.2 Å². The SMILES string of the molecule is COc1ccc([C@@H](NC(=O)c2ccc(S(N)(=O)=O)cc2)C2CC(O)C2)cn1. The van der Waals surface area contributed by atoms with E-state index in [0.29, 0.717) is 24.3 Å². The zero-order valence-electron chi connectivity index (χ0n) is 14.7. The van der Waals surface area contributed by atoms with Crippen LogP contribution in [0.3, 0.4) is 0 Å². The summed E-state index contributed by atoms with van der Waals surface area (Å²) in [4.78, 5) is 16.8. The summed E-state index contributed by atoms with van der Waals surface area (Å²) in [6.45, 7) is 0. The third-order valence-corrected chi connectivity index (χ3v) is 5.61. The van der Waals surface area contributed by atoms with Gasteiger partial charge in [-0.2, -0.15) is 0 Å². The van der Waals surface area contributed by atoms with Crippen LogP contribution >= 0.6 is 0 Å². The summed E-state index contributed by atoms with van der Waals surface area (Å²) >= 11 is 0. The maximum Gasteiger partial charge on any atom is 0.251 e. The van der Waals surface area contributed by atoms with Crippen molar-refractivity contribution >= 4 is 15.9 Å². The molecule has 0 radical (unpaired) electrons. The number of ether oxygens (including phenoxy) is 1. The van der Waals surface area contributed by atoms with Crippen molar-refractivity contribution in [2.45, 2.75) is 29.9 Å². The molecule has 8 nitrogen and oxygen atoms in total.